The Kier molecular flexibility index (Phi) is 3.71. The number of rotatable bonds is 4. The minimum Gasteiger partial charge on any atom is -0.334 e. The number of anilines is 3. The Morgan fingerprint density at radius 1 is 1.30 bits per heavy atom. The van der Waals surface area contributed by atoms with Crippen molar-refractivity contribution < 1.29 is 9.31 Å². The van der Waals surface area contributed by atoms with E-state index in [-0.39, 0.29) is 23.1 Å². The van der Waals surface area contributed by atoms with Crippen LogP contribution >= 0.6 is 0 Å². The maximum Gasteiger partial charge on any atom is 0.332 e. The Morgan fingerprint density at radius 2 is 1.95 bits per heavy atom. The molecule has 8 nitrogen and oxygen atoms in total. The van der Waals surface area contributed by atoms with Crippen LogP contribution < -0.4 is 16.6 Å². The lowest BCUT2D eigenvalue weighted by molar-refractivity contribution is -0.385. The number of nitrogens with one attached hydrogen (secondary N) is 2. The summed E-state index contributed by atoms with van der Waals surface area (Å²) in [4.78, 5) is 18.2. The van der Waals surface area contributed by atoms with Crippen LogP contribution in [0.1, 0.15) is 5.69 Å². The first-order valence-electron chi connectivity index (χ1n) is 5.53. The van der Waals surface area contributed by atoms with Gasteiger partial charge in [0.25, 0.3) is 0 Å². The molecule has 1 heterocycles. The molecule has 0 radical (unpaired) electrons. The fourth-order valence-electron chi connectivity index (χ4n) is 1.61. The largest absolute Gasteiger partial charge is 0.334 e. The zero-order valence-electron chi connectivity index (χ0n) is 10.4. The summed E-state index contributed by atoms with van der Waals surface area (Å²) in [6.45, 7) is 1.47. The Morgan fingerprint density at radius 3 is 2.50 bits per heavy atom. The lowest BCUT2D eigenvalue weighted by Crippen LogP contribution is -2.13. The van der Waals surface area contributed by atoms with E-state index in [4.69, 9.17) is 5.84 Å². The van der Waals surface area contributed by atoms with Gasteiger partial charge in [-0.05, 0) is 31.2 Å². The highest BCUT2D eigenvalue weighted by molar-refractivity contribution is 5.68. The topological polar surface area (TPSA) is 119 Å². The predicted octanol–water partition coefficient (Wildman–Crippen LogP) is 1.86. The van der Waals surface area contributed by atoms with Gasteiger partial charge in [-0.3, -0.25) is 15.5 Å². The molecule has 1 aromatic carbocycles. The number of hydrogen-bond donors (Lipinski definition) is 3. The first kappa shape index (κ1) is 13.6. The number of hydrazine groups is 1. The monoisotopic (exact) mass is 278 g/mol. The number of benzene rings is 1. The van der Waals surface area contributed by atoms with Crippen LogP contribution in [0.4, 0.5) is 27.5 Å². The van der Waals surface area contributed by atoms with Gasteiger partial charge in [0.05, 0.1) is 4.92 Å². The molecule has 104 valence electrons. The minimum absolute atomic E-state index is 0.0259. The van der Waals surface area contributed by atoms with Crippen LogP contribution in [0.2, 0.25) is 0 Å². The van der Waals surface area contributed by atoms with Crippen molar-refractivity contribution in [2.75, 3.05) is 10.7 Å². The summed E-state index contributed by atoms with van der Waals surface area (Å²) in [6, 6.07) is 5.33. The highest BCUT2D eigenvalue weighted by atomic mass is 19.1. The van der Waals surface area contributed by atoms with Crippen LogP contribution in [-0.2, 0) is 0 Å². The van der Waals surface area contributed by atoms with Crippen LogP contribution in [0.5, 0.6) is 0 Å². The summed E-state index contributed by atoms with van der Waals surface area (Å²) in [5.41, 5.74) is 2.56. The number of nitrogen functional groups attached to an aromatic ring is 1. The van der Waals surface area contributed by atoms with E-state index in [1.54, 1.807) is 0 Å². The zero-order valence-corrected chi connectivity index (χ0v) is 10.4. The van der Waals surface area contributed by atoms with Gasteiger partial charge in [-0.1, -0.05) is 0 Å². The highest BCUT2D eigenvalue weighted by Gasteiger charge is 2.22. The van der Waals surface area contributed by atoms with Crippen LogP contribution in [0, 0.1) is 22.9 Å². The van der Waals surface area contributed by atoms with Gasteiger partial charge in [-0.2, -0.15) is 4.98 Å². The molecular formula is C11H11FN6O2. The van der Waals surface area contributed by atoms with Crippen molar-refractivity contribution in [2.45, 2.75) is 6.92 Å². The van der Waals surface area contributed by atoms with Gasteiger partial charge in [0, 0.05) is 5.69 Å². The van der Waals surface area contributed by atoms with E-state index in [2.05, 4.69) is 20.7 Å². The third kappa shape index (κ3) is 2.78. The lowest BCUT2D eigenvalue weighted by atomic mass is 10.3. The Labute approximate surface area is 113 Å². The fraction of sp³-hybridized carbons (Fsp3) is 0.0909. The summed E-state index contributed by atoms with van der Waals surface area (Å²) in [7, 11) is 0. The molecule has 0 saturated heterocycles. The van der Waals surface area contributed by atoms with Crippen molar-refractivity contribution in [2.24, 2.45) is 5.84 Å². The Hall–Kier alpha value is -2.81. The van der Waals surface area contributed by atoms with Gasteiger partial charge in [0.2, 0.25) is 11.8 Å². The van der Waals surface area contributed by atoms with Crippen molar-refractivity contribution in [3.8, 4) is 0 Å². The molecule has 4 N–H and O–H groups in total. The molecule has 2 aromatic rings. The van der Waals surface area contributed by atoms with Gasteiger partial charge >= 0.3 is 5.69 Å². The normalized spacial score (nSPS) is 10.2. The highest BCUT2D eigenvalue weighted by Crippen LogP contribution is 2.29. The van der Waals surface area contributed by atoms with E-state index in [1.165, 1.54) is 31.2 Å². The van der Waals surface area contributed by atoms with Crippen molar-refractivity contribution in [1.82, 2.24) is 9.97 Å². The second-order valence-electron chi connectivity index (χ2n) is 3.86. The second-order valence-corrected chi connectivity index (χ2v) is 3.86. The maximum absolute atomic E-state index is 12.8. The van der Waals surface area contributed by atoms with Gasteiger partial charge in [-0.15, -0.1) is 0 Å². The molecule has 0 aliphatic rings. The number of aryl methyl sites for hydroxylation is 1. The molecule has 0 amide bonds. The van der Waals surface area contributed by atoms with Gasteiger partial charge in [-0.25, -0.2) is 15.2 Å². The smallest absolute Gasteiger partial charge is 0.332 e. The molecule has 0 aliphatic heterocycles. The first-order chi connectivity index (χ1) is 9.51. The second kappa shape index (κ2) is 5.45. The Bertz CT molecular complexity index is 646. The van der Waals surface area contributed by atoms with Crippen LogP contribution in [-0.4, -0.2) is 14.9 Å². The third-order valence-electron chi connectivity index (χ3n) is 2.48. The number of nitro groups is 1. The molecule has 2 rings (SSSR count). The van der Waals surface area contributed by atoms with E-state index < -0.39 is 10.7 Å². The summed E-state index contributed by atoms with van der Waals surface area (Å²) in [5.74, 6) is 4.81. The van der Waals surface area contributed by atoms with E-state index in [0.29, 0.717) is 5.69 Å². The standard InChI is InChI=1S/C11H11FN6O2/c1-6-9(18(19)20)10(16-11(14-6)17-13)15-8-4-2-7(12)3-5-8/h2-5H,13H2,1H3,(H2,14,15,16,17). The maximum atomic E-state index is 12.8. The fourth-order valence-corrected chi connectivity index (χ4v) is 1.61. The first-order valence-corrected chi connectivity index (χ1v) is 5.53. The molecule has 0 spiro atoms. The molecule has 20 heavy (non-hydrogen) atoms. The molecule has 0 atom stereocenters. The lowest BCUT2D eigenvalue weighted by Gasteiger charge is -2.09. The molecule has 0 fully saturated rings. The summed E-state index contributed by atoms with van der Waals surface area (Å²) in [5, 5.41) is 13.8. The Balaban J connectivity index is 2.45. The van der Waals surface area contributed by atoms with Crippen LogP contribution in [0.3, 0.4) is 0 Å². The summed E-state index contributed by atoms with van der Waals surface area (Å²) >= 11 is 0. The third-order valence-corrected chi connectivity index (χ3v) is 2.48. The van der Waals surface area contributed by atoms with E-state index in [1.807, 2.05) is 0 Å². The summed E-state index contributed by atoms with van der Waals surface area (Å²) in [6.07, 6.45) is 0. The molecule has 1 aromatic heterocycles. The van der Waals surface area contributed by atoms with E-state index in [0.717, 1.165) is 0 Å². The average molecular weight is 278 g/mol. The number of aromatic nitrogens is 2. The van der Waals surface area contributed by atoms with Gasteiger partial charge < -0.3 is 5.32 Å². The van der Waals surface area contributed by atoms with Crippen molar-refractivity contribution in [3.63, 3.8) is 0 Å². The molecule has 0 saturated carbocycles. The van der Waals surface area contributed by atoms with Crippen molar-refractivity contribution in [3.05, 3.63) is 45.9 Å². The van der Waals surface area contributed by atoms with Gasteiger partial charge in [0.15, 0.2) is 0 Å². The average Bonchev–Trinajstić information content (AvgIpc) is 2.40. The number of hydrogen-bond acceptors (Lipinski definition) is 7. The van der Waals surface area contributed by atoms with Crippen LogP contribution in [0.25, 0.3) is 0 Å². The molecular weight excluding hydrogens is 267 g/mol. The SMILES string of the molecule is Cc1nc(NN)nc(Nc2ccc(F)cc2)c1[N+](=O)[O-]. The molecule has 0 bridgehead atoms. The molecule has 0 unspecified atom stereocenters. The number of halogens is 1. The van der Waals surface area contributed by atoms with Gasteiger partial charge in [0.1, 0.15) is 11.5 Å². The predicted molar refractivity (Wildman–Crippen MR) is 70.9 cm³/mol. The zero-order chi connectivity index (χ0) is 14.7. The number of nitrogens with two attached hydrogens (primary N) is 1. The molecule has 9 heteroatoms. The van der Waals surface area contributed by atoms with Crippen LogP contribution in [0.15, 0.2) is 24.3 Å². The quantitative estimate of drug-likeness (QED) is 0.443. The molecule has 0 aliphatic carbocycles. The van der Waals surface area contributed by atoms with Crippen molar-refractivity contribution in [1.29, 1.82) is 0 Å². The van der Waals surface area contributed by atoms with E-state index in [9.17, 15) is 14.5 Å². The summed E-state index contributed by atoms with van der Waals surface area (Å²) < 4.78 is 12.8. The van der Waals surface area contributed by atoms with Crippen molar-refractivity contribution >= 4 is 23.1 Å². The van der Waals surface area contributed by atoms with E-state index >= 15 is 0 Å². The minimum atomic E-state index is -0.596. The number of nitrogens with zero attached hydrogens (tertiary/aromatic N) is 3.